The Bertz CT molecular complexity index is 229. The second kappa shape index (κ2) is 5.69. The first-order chi connectivity index (χ1) is 5.99. The molecule has 0 saturated carbocycles. The highest BCUT2D eigenvalue weighted by Crippen LogP contribution is 1.97. The normalized spacial score (nSPS) is 12.2. The van der Waals surface area contributed by atoms with E-state index in [9.17, 15) is 13.8 Å². The van der Waals surface area contributed by atoms with E-state index in [2.05, 4.69) is 0 Å². The predicted octanol–water partition coefficient (Wildman–Crippen LogP) is 0.281. The molecule has 0 aliphatic heterocycles. The lowest BCUT2D eigenvalue weighted by molar-refractivity contribution is -0.137. The summed E-state index contributed by atoms with van der Waals surface area (Å²) in [6.45, 7) is 2.21. The average Bonchev–Trinajstić information content (AvgIpc) is 2.04. The molecule has 0 bridgehead atoms. The molecule has 0 aromatic carbocycles. The van der Waals surface area contributed by atoms with Gasteiger partial charge in [0.05, 0.1) is 6.42 Å². The quantitative estimate of drug-likeness (QED) is 0.718. The highest BCUT2D eigenvalue weighted by Gasteiger charge is 2.15. The molecule has 1 unspecified atom stereocenters. The topological polar surface area (TPSA) is 74.7 Å². The molecule has 0 aromatic heterocycles. The molecule has 0 aromatic rings. The molecule has 13 heavy (non-hydrogen) atoms. The Labute approximate surface area is 79.2 Å². The molecule has 0 aliphatic rings. The molecular formula is C7H13NO4S. The van der Waals surface area contributed by atoms with Gasteiger partial charge in [0.15, 0.2) is 0 Å². The molecule has 76 valence electrons. The minimum absolute atomic E-state index is 0.114. The Morgan fingerprint density at radius 3 is 2.31 bits per heavy atom. The smallest absolute Gasteiger partial charge is 0.311 e. The number of hydrogen-bond donors (Lipinski definition) is 1. The maximum Gasteiger partial charge on any atom is 0.311 e. The molecule has 0 heterocycles. The van der Waals surface area contributed by atoms with E-state index < -0.39 is 22.0 Å². The first kappa shape index (κ1) is 12.1. The maximum absolute atomic E-state index is 11.1. The highest BCUT2D eigenvalue weighted by atomic mass is 32.2. The van der Waals surface area contributed by atoms with Crippen LogP contribution < -0.4 is 0 Å². The average molecular weight is 207 g/mol. The van der Waals surface area contributed by atoms with Crippen molar-refractivity contribution in [1.82, 2.24) is 4.90 Å². The molecule has 0 rings (SSSR count). The molecule has 1 amide bonds. The standard InChI is InChI=1S/C7H13NO4S/c1-3-8(5-4-6(9)10)7(11)13(2)12/h3-5H2,1-2H3,(H,9,10). The van der Waals surface area contributed by atoms with Gasteiger partial charge in [-0.25, -0.2) is 4.21 Å². The Morgan fingerprint density at radius 2 is 2.00 bits per heavy atom. The minimum atomic E-state index is -1.56. The number of carbonyl (C=O) groups is 2. The molecule has 1 N–H and O–H groups in total. The monoisotopic (exact) mass is 207 g/mol. The van der Waals surface area contributed by atoms with Gasteiger partial charge in [-0.3, -0.25) is 9.59 Å². The fraction of sp³-hybridized carbons (Fsp3) is 0.714. The van der Waals surface area contributed by atoms with Crippen molar-refractivity contribution in [2.24, 2.45) is 0 Å². The summed E-state index contributed by atoms with van der Waals surface area (Å²) in [5.74, 6) is -0.965. The van der Waals surface area contributed by atoms with Gasteiger partial charge in [0, 0.05) is 19.3 Å². The first-order valence-corrected chi connectivity index (χ1v) is 5.39. The second-order valence-electron chi connectivity index (χ2n) is 2.44. The summed E-state index contributed by atoms with van der Waals surface area (Å²) in [5.41, 5.74) is 0. The van der Waals surface area contributed by atoms with Gasteiger partial charge >= 0.3 is 11.2 Å². The summed E-state index contributed by atoms with van der Waals surface area (Å²) in [5, 5.41) is 7.85. The van der Waals surface area contributed by atoms with Crippen LogP contribution in [0.25, 0.3) is 0 Å². The highest BCUT2D eigenvalue weighted by molar-refractivity contribution is 7.99. The van der Waals surface area contributed by atoms with Crippen molar-refractivity contribution in [2.45, 2.75) is 13.3 Å². The minimum Gasteiger partial charge on any atom is -0.481 e. The number of amides is 1. The van der Waals surface area contributed by atoms with Crippen molar-refractivity contribution in [3.05, 3.63) is 0 Å². The van der Waals surface area contributed by atoms with Crippen LogP contribution in [0.15, 0.2) is 0 Å². The van der Waals surface area contributed by atoms with E-state index in [1.807, 2.05) is 0 Å². The number of carboxylic acids is 1. The summed E-state index contributed by atoms with van der Waals surface area (Å²) in [6.07, 6.45) is 1.17. The first-order valence-electron chi connectivity index (χ1n) is 3.83. The van der Waals surface area contributed by atoms with Crippen molar-refractivity contribution in [1.29, 1.82) is 0 Å². The van der Waals surface area contributed by atoms with Crippen LogP contribution in [0.2, 0.25) is 0 Å². The predicted molar refractivity (Wildman–Crippen MR) is 49.0 cm³/mol. The van der Waals surface area contributed by atoms with E-state index in [4.69, 9.17) is 5.11 Å². The summed E-state index contributed by atoms with van der Waals surface area (Å²) < 4.78 is 10.8. The Hall–Kier alpha value is -0.910. The van der Waals surface area contributed by atoms with Crippen molar-refractivity contribution < 1.29 is 18.9 Å². The molecule has 0 spiro atoms. The molecular weight excluding hydrogens is 194 g/mol. The summed E-state index contributed by atoms with van der Waals surface area (Å²) in [4.78, 5) is 22.6. The van der Waals surface area contributed by atoms with Gasteiger partial charge in [0.1, 0.15) is 10.8 Å². The zero-order valence-electron chi connectivity index (χ0n) is 7.65. The number of carboxylic acid groups (broad SMARTS) is 1. The van der Waals surface area contributed by atoms with Crippen LogP contribution in [-0.4, -0.2) is 44.8 Å². The number of hydrogen-bond acceptors (Lipinski definition) is 3. The number of rotatable bonds is 4. The Balaban J connectivity index is 4.10. The van der Waals surface area contributed by atoms with Crippen LogP contribution in [0, 0.1) is 0 Å². The van der Waals surface area contributed by atoms with Crippen LogP contribution in [0.5, 0.6) is 0 Å². The Kier molecular flexibility index (Phi) is 5.29. The van der Waals surface area contributed by atoms with Crippen molar-refractivity contribution >= 4 is 22.0 Å². The summed E-state index contributed by atoms with van der Waals surface area (Å²) in [6, 6.07) is 0. The zero-order chi connectivity index (χ0) is 10.4. The maximum atomic E-state index is 11.1. The van der Waals surface area contributed by atoms with Crippen molar-refractivity contribution in [3.8, 4) is 0 Å². The van der Waals surface area contributed by atoms with Crippen molar-refractivity contribution in [3.63, 3.8) is 0 Å². The fourth-order valence-corrected chi connectivity index (χ4v) is 1.37. The van der Waals surface area contributed by atoms with Crippen LogP contribution >= 0.6 is 0 Å². The number of nitrogens with zero attached hydrogens (tertiary/aromatic N) is 1. The van der Waals surface area contributed by atoms with E-state index in [1.165, 1.54) is 11.2 Å². The van der Waals surface area contributed by atoms with Gasteiger partial charge in [0.2, 0.25) is 0 Å². The number of aliphatic carboxylic acids is 1. The van der Waals surface area contributed by atoms with Crippen molar-refractivity contribution in [2.75, 3.05) is 19.3 Å². The van der Waals surface area contributed by atoms with E-state index in [0.29, 0.717) is 6.54 Å². The lowest BCUT2D eigenvalue weighted by Gasteiger charge is -2.17. The molecule has 1 atom stereocenters. The van der Waals surface area contributed by atoms with Gasteiger partial charge in [0.25, 0.3) is 0 Å². The van der Waals surface area contributed by atoms with Crippen LogP contribution in [0.3, 0.4) is 0 Å². The van der Waals surface area contributed by atoms with Crippen LogP contribution in [0.4, 0.5) is 4.79 Å². The van der Waals surface area contributed by atoms with Crippen LogP contribution in [-0.2, 0) is 15.6 Å². The van der Waals surface area contributed by atoms with Gasteiger partial charge in [-0.1, -0.05) is 0 Å². The lowest BCUT2D eigenvalue weighted by atomic mass is 10.4. The van der Waals surface area contributed by atoms with E-state index >= 15 is 0 Å². The molecule has 0 saturated heterocycles. The fourth-order valence-electron chi connectivity index (χ4n) is 0.791. The lowest BCUT2D eigenvalue weighted by Crippen LogP contribution is -2.33. The van der Waals surface area contributed by atoms with E-state index in [0.717, 1.165) is 0 Å². The van der Waals surface area contributed by atoms with E-state index in [-0.39, 0.29) is 13.0 Å². The van der Waals surface area contributed by atoms with Gasteiger partial charge < -0.3 is 10.0 Å². The summed E-state index contributed by atoms with van der Waals surface area (Å²) in [7, 11) is -1.56. The van der Waals surface area contributed by atoms with E-state index in [1.54, 1.807) is 6.92 Å². The second-order valence-corrected chi connectivity index (χ2v) is 3.70. The van der Waals surface area contributed by atoms with Gasteiger partial charge in [-0.05, 0) is 6.92 Å². The SMILES string of the molecule is CCN(CCC(=O)O)C(=O)S(C)=O. The molecule has 0 radical (unpaired) electrons. The van der Waals surface area contributed by atoms with Gasteiger partial charge in [-0.2, -0.15) is 0 Å². The largest absolute Gasteiger partial charge is 0.481 e. The Morgan fingerprint density at radius 1 is 1.46 bits per heavy atom. The molecule has 0 aliphatic carbocycles. The summed E-state index contributed by atoms with van der Waals surface area (Å²) >= 11 is 0. The zero-order valence-corrected chi connectivity index (χ0v) is 8.47. The molecule has 5 nitrogen and oxygen atoms in total. The third-order valence-electron chi connectivity index (χ3n) is 1.48. The molecule has 0 fully saturated rings. The third kappa shape index (κ3) is 4.62. The molecule has 6 heteroatoms. The number of carbonyl (C=O) groups excluding carboxylic acids is 1. The third-order valence-corrected chi connectivity index (χ3v) is 2.23. The van der Waals surface area contributed by atoms with Gasteiger partial charge in [-0.15, -0.1) is 0 Å². The van der Waals surface area contributed by atoms with Crippen LogP contribution in [0.1, 0.15) is 13.3 Å².